The fourth-order valence-corrected chi connectivity index (χ4v) is 4.60. The van der Waals surface area contributed by atoms with Crippen LogP contribution in [0.2, 0.25) is 0 Å². The van der Waals surface area contributed by atoms with Crippen LogP contribution in [0.5, 0.6) is 0 Å². The van der Waals surface area contributed by atoms with Gasteiger partial charge in [-0.1, -0.05) is 68.3 Å². The topological polar surface area (TPSA) is 114 Å². The molecule has 43 heavy (non-hydrogen) atoms. The van der Waals surface area contributed by atoms with Crippen molar-refractivity contribution < 1.29 is 28.7 Å². The Hall–Kier alpha value is -4.32. The minimum absolute atomic E-state index is 0.152. The highest BCUT2D eigenvalue weighted by Gasteiger charge is 2.39. The molecule has 0 saturated carbocycles. The number of terminal acetylenes is 1. The molecule has 2 aromatic rings. The Morgan fingerprint density at radius 1 is 0.953 bits per heavy atom. The van der Waals surface area contributed by atoms with Crippen molar-refractivity contribution in [1.29, 1.82) is 0 Å². The zero-order valence-corrected chi connectivity index (χ0v) is 26.3. The smallest absolute Gasteiger partial charge is 0.408 e. The molecular formula is C34H45N3O6. The molecule has 3 unspecified atom stereocenters. The molecule has 0 bridgehead atoms. The normalized spacial score (nSPS) is 13.2. The van der Waals surface area contributed by atoms with Gasteiger partial charge >= 0.3 is 12.1 Å². The Labute approximate surface area is 255 Å². The number of hydrogen-bond acceptors (Lipinski definition) is 6. The lowest BCUT2D eigenvalue weighted by atomic mass is 9.93. The summed E-state index contributed by atoms with van der Waals surface area (Å²) in [6, 6.07) is 13.4. The number of rotatable bonds is 13. The van der Waals surface area contributed by atoms with Crippen LogP contribution in [0.4, 0.5) is 4.79 Å². The summed E-state index contributed by atoms with van der Waals surface area (Å²) >= 11 is 0. The summed E-state index contributed by atoms with van der Waals surface area (Å²) in [5.74, 6) is 1.22. The number of amides is 3. The second-order valence-electron chi connectivity index (χ2n) is 11.9. The number of carbonyl (C=O) groups excluding carboxylic acids is 4. The molecule has 0 aliphatic heterocycles. The van der Waals surface area contributed by atoms with E-state index in [2.05, 4.69) is 30.4 Å². The van der Waals surface area contributed by atoms with Gasteiger partial charge in [-0.15, -0.1) is 6.42 Å². The maximum Gasteiger partial charge on any atom is 0.408 e. The Morgan fingerprint density at radius 2 is 1.58 bits per heavy atom. The monoisotopic (exact) mass is 591 g/mol. The zero-order chi connectivity index (χ0) is 32.2. The van der Waals surface area contributed by atoms with Gasteiger partial charge in [0.1, 0.15) is 24.2 Å². The van der Waals surface area contributed by atoms with Crippen LogP contribution in [0.25, 0.3) is 0 Å². The fourth-order valence-electron chi connectivity index (χ4n) is 4.60. The number of ether oxygens (including phenoxy) is 2. The van der Waals surface area contributed by atoms with Gasteiger partial charge in [-0.25, -0.2) is 4.79 Å². The van der Waals surface area contributed by atoms with Crippen LogP contribution in [-0.4, -0.2) is 60.1 Å². The maximum absolute atomic E-state index is 14.7. The van der Waals surface area contributed by atoms with E-state index < -0.39 is 54.1 Å². The van der Waals surface area contributed by atoms with Gasteiger partial charge in [-0.05, 0) is 63.6 Å². The molecule has 0 heterocycles. The molecule has 0 fully saturated rings. The third-order valence-electron chi connectivity index (χ3n) is 6.73. The highest BCUT2D eigenvalue weighted by atomic mass is 16.6. The Kier molecular flexibility index (Phi) is 13.3. The van der Waals surface area contributed by atoms with Crippen molar-refractivity contribution in [3.8, 4) is 12.3 Å². The molecule has 0 spiro atoms. The summed E-state index contributed by atoms with van der Waals surface area (Å²) in [5.41, 5.74) is 0.862. The van der Waals surface area contributed by atoms with Gasteiger partial charge in [-0.3, -0.25) is 14.4 Å². The molecule has 3 amide bonds. The minimum atomic E-state index is -1.20. The van der Waals surface area contributed by atoms with Crippen molar-refractivity contribution in [3.05, 3.63) is 71.3 Å². The van der Waals surface area contributed by atoms with Crippen molar-refractivity contribution in [2.45, 2.75) is 84.5 Å². The molecule has 0 aliphatic carbocycles. The van der Waals surface area contributed by atoms with Crippen molar-refractivity contribution in [2.75, 3.05) is 13.7 Å². The van der Waals surface area contributed by atoms with E-state index in [0.29, 0.717) is 23.5 Å². The molecule has 9 nitrogen and oxygen atoms in total. The quantitative estimate of drug-likeness (QED) is 0.256. The predicted octanol–water partition coefficient (Wildman–Crippen LogP) is 4.79. The minimum Gasteiger partial charge on any atom is -0.468 e. The van der Waals surface area contributed by atoms with E-state index in [1.165, 1.54) is 12.0 Å². The molecule has 2 aromatic carbocycles. The molecule has 232 valence electrons. The van der Waals surface area contributed by atoms with Crippen molar-refractivity contribution in [1.82, 2.24) is 15.5 Å². The van der Waals surface area contributed by atoms with Crippen LogP contribution >= 0.6 is 0 Å². The highest BCUT2D eigenvalue weighted by Crippen LogP contribution is 2.30. The third kappa shape index (κ3) is 11.1. The summed E-state index contributed by atoms with van der Waals surface area (Å²) in [7, 11) is 1.22. The second kappa shape index (κ2) is 16.4. The lowest BCUT2D eigenvalue weighted by Crippen LogP contribution is -2.56. The number of esters is 1. The fraction of sp³-hybridized carbons (Fsp3) is 0.471. The predicted molar refractivity (Wildman–Crippen MR) is 166 cm³/mol. The molecule has 0 aromatic heterocycles. The van der Waals surface area contributed by atoms with Gasteiger partial charge < -0.3 is 25.0 Å². The summed E-state index contributed by atoms with van der Waals surface area (Å²) in [5, 5.41) is 5.37. The number of hydrogen-bond donors (Lipinski definition) is 2. The Morgan fingerprint density at radius 3 is 2.16 bits per heavy atom. The van der Waals surface area contributed by atoms with Gasteiger partial charge in [0, 0.05) is 18.0 Å². The molecular weight excluding hydrogens is 546 g/mol. The first-order valence-corrected chi connectivity index (χ1v) is 14.5. The molecule has 2 N–H and O–H groups in total. The average Bonchev–Trinajstić information content (AvgIpc) is 2.96. The van der Waals surface area contributed by atoms with E-state index >= 15 is 0 Å². The number of alkyl carbamates (subject to hydrolysis) is 1. The number of nitrogens with one attached hydrogen (secondary N) is 2. The standard InChI is InChI=1S/C34H45N3O6/c1-9-26-17-13-14-18-27(26)30(31(39)35-22-29(38)42-8)37(24(4)20-19-23(2)3)32(40)28(21-25-15-11-10-12-16-25)36-33(41)43-34(5,6)7/h1,10-18,23-24,28,30H,19-22H2,2-8H3,(H,35,39)(H,36,41). The summed E-state index contributed by atoms with van der Waals surface area (Å²) in [6.07, 6.45) is 6.59. The van der Waals surface area contributed by atoms with E-state index in [9.17, 15) is 19.2 Å². The van der Waals surface area contributed by atoms with Crippen LogP contribution in [0.3, 0.4) is 0 Å². The summed E-state index contributed by atoms with van der Waals surface area (Å²) in [4.78, 5) is 55.0. The third-order valence-corrected chi connectivity index (χ3v) is 6.73. The highest BCUT2D eigenvalue weighted by molar-refractivity contribution is 5.94. The first-order chi connectivity index (χ1) is 20.3. The SMILES string of the molecule is C#Cc1ccccc1C(C(=O)NCC(=O)OC)N(C(=O)C(Cc1ccccc1)NC(=O)OC(C)(C)C)C(C)CCC(C)C. The molecule has 2 rings (SSSR count). The molecule has 0 radical (unpaired) electrons. The number of nitrogens with zero attached hydrogens (tertiary/aromatic N) is 1. The van der Waals surface area contributed by atoms with E-state index in [4.69, 9.17) is 15.9 Å². The van der Waals surface area contributed by atoms with Crippen LogP contribution in [0, 0.1) is 18.3 Å². The summed E-state index contributed by atoms with van der Waals surface area (Å²) < 4.78 is 10.2. The van der Waals surface area contributed by atoms with Crippen LogP contribution in [0.15, 0.2) is 54.6 Å². The van der Waals surface area contributed by atoms with Crippen LogP contribution in [0.1, 0.15) is 77.1 Å². The first-order valence-electron chi connectivity index (χ1n) is 14.5. The second-order valence-corrected chi connectivity index (χ2v) is 11.9. The average molecular weight is 592 g/mol. The largest absolute Gasteiger partial charge is 0.468 e. The van der Waals surface area contributed by atoms with E-state index in [-0.39, 0.29) is 6.42 Å². The van der Waals surface area contributed by atoms with Gasteiger partial charge in [0.25, 0.3) is 0 Å². The molecule has 3 atom stereocenters. The van der Waals surface area contributed by atoms with Crippen molar-refractivity contribution in [2.24, 2.45) is 5.92 Å². The number of carbonyl (C=O) groups is 4. The molecule has 0 aliphatic rings. The lowest BCUT2D eigenvalue weighted by Gasteiger charge is -2.39. The number of benzene rings is 2. The van der Waals surface area contributed by atoms with Crippen LogP contribution < -0.4 is 10.6 Å². The van der Waals surface area contributed by atoms with Gasteiger partial charge in [0.05, 0.1) is 7.11 Å². The Balaban J connectivity index is 2.69. The van der Waals surface area contributed by atoms with Crippen LogP contribution in [-0.2, 0) is 30.3 Å². The van der Waals surface area contributed by atoms with E-state index in [1.54, 1.807) is 45.0 Å². The van der Waals surface area contributed by atoms with Gasteiger partial charge in [0.2, 0.25) is 11.8 Å². The molecule has 0 saturated heterocycles. The van der Waals surface area contributed by atoms with Gasteiger partial charge in [0.15, 0.2) is 0 Å². The van der Waals surface area contributed by atoms with E-state index in [0.717, 1.165) is 12.0 Å². The maximum atomic E-state index is 14.7. The first kappa shape index (κ1) is 34.9. The lowest BCUT2D eigenvalue weighted by molar-refractivity contribution is -0.146. The van der Waals surface area contributed by atoms with Crippen molar-refractivity contribution in [3.63, 3.8) is 0 Å². The molecule has 9 heteroatoms. The summed E-state index contributed by atoms with van der Waals surface area (Å²) in [6.45, 7) is 10.8. The Bertz CT molecular complexity index is 1280. The van der Waals surface area contributed by atoms with E-state index in [1.807, 2.05) is 37.3 Å². The van der Waals surface area contributed by atoms with Gasteiger partial charge in [-0.2, -0.15) is 0 Å². The number of methoxy groups -OCH3 is 1. The zero-order valence-electron chi connectivity index (χ0n) is 26.3. The van der Waals surface area contributed by atoms with Crippen molar-refractivity contribution >= 4 is 23.9 Å².